The maximum absolute atomic E-state index is 2.51. The van der Waals surface area contributed by atoms with Crippen molar-refractivity contribution >= 4 is 0 Å². The highest BCUT2D eigenvalue weighted by molar-refractivity contribution is 5.02. The summed E-state index contributed by atoms with van der Waals surface area (Å²) in [5.74, 6) is 4.01. The second-order valence-electron chi connectivity index (χ2n) is 5.62. The lowest BCUT2D eigenvalue weighted by molar-refractivity contribution is -0.0610. The average molecular weight is 166 g/mol. The Hall–Kier alpha value is 0. The summed E-state index contributed by atoms with van der Waals surface area (Å²) in [6, 6.07) is 0. The molecule has 3 rings (SSSR count). The Bertz CT molecular complexity index is 184. The zero-order valence-electron chi connectivity index (χ0n) is 8.93. The van der Waals surface area contributed by atoms with E-state index in [4.69, 9.17) is 0 Å². The fraction of sp³-hybridized carbons (Fsp3) is 1.00. The van der Waals surface area contributed by atoms with Gasteiger partial charge in [0.05, 0.1) is 0 Å². The summed E-state index contributed by atoms with van der Waals surface area (Å²) < 4.78 is 0. The van der Waals surface area contributed by atoms with Crippen molar-refractivity contribution in [3.63, 3.8) is 0 Å². The SMILES string of the molecule is CC1CCC(C)C2(C)CC1C2C. The summed E-state index contributed by atoms with van der Waals surface area (Å²) in [7, 11) is 0. The van der Waals surface area contributed by atoms with Gasteiger partial charge in [0.25, 0.3) is 0 Å². The summed E-state index contributed by atoms with van der Waals surface area (Å²) in [6.45, 7) is 9.91. The summed E-state index contributed by atoms with van der Waals surface area (Å²) in [4.78, 5) is 0. The predicted molar refractivity (Wildman–Crippen MR) is 52.9 cm³/mol. The molecular weight excluding hydrogens is 144 g/mol. The predicted octanol–water partition coefficient (Wildman–Crippen LogP) is 3.71. The van der Waals surface area contributed by atoms with E-state index in [2.05, 4.69) is 27.7 Å². The van der Waals surface area contributed by atoms with E-state index in [1.807, 2.05) is 0 Å². The van der Waals surface area contributed by atoms with Crippen LogP contribution in [0, 0.1) is 29.1 Å². The van der Waals surface area contributed by atoms with Gasteiger partial charge < -0.3 is 0 Å². The van der Waals surface area contributed by atoms with Crippen molar-refractivity contribution in [1.82, 2.24) is 0 Å². The van der Waals surface area contributed by atoms with Gasteiger partial charge in [0.1, 0.15) is 0 Å². The van der Waals surface area contributed by atoms with Crippen LogP contribution in [-0.2, 0) is 0 Å². The summed E-state index contributed by atoms with van der Waals surface area (Å²) in [6.07, 6.45) is 4.46. The maximum Gasteiger partial charge on any atom is -0.0269 e. The molecule has 0 aromatic rings. The van der Waals surface area contributed by atoms with Crippen LogP contribution in [0.2, 0.25) is 0 Å². The molecule has 0 aromatic heterocycles. The van der Waals surface area contributed by atoms with Gasteiger partial charge in [0.2, 0.25) is 0 Å². The summed E-state index contributed by atoms with van der Waals surface area (Å²) in [5.41, 5.74) is 0.704. The molecule has 0 aromatic carbocycles. The molecule has 3 aliphatic rings. The molecule has 0 aliphatic heterocycles. The first-order valence-corrected chi connectivity index (χ1v) is 5.55. The largest absolute Gasteiger partial charge is 0.0622 e. The first kappa shape index (κ1) is 8.59. The molecule has 0 heterocycles. The Balaban J connectivity index is 2.20. The van der Waals surface area contributed by atoms with Crippen molar-refractivity contribution in [3.8, 4) is 0 Å². The van der Waals surface area contributed by atoms with Crippen LogP contribution in [0.3, 0.4) is 0 Å². The lowest BCUT2D eigenvalue weighted by atomic mass is 9.50. The van der Waals surface area contributed by atoms with Crippen molar-refractivity contribution in [3.05, 3.63) is 0 Å². The lowest BCUT2D eigenvalue weighted by Gasteiger charge is -2.55. The third kappa shape index (κ3) is 0.900. The molecule has 3 fully saturated rings. The van der Waals surface area contributed by atoms with Crippen LogP contribution in [0.15, 0.2) is 0 Å². The highest BCUT2D eigenvalue weighted by Crippen LogP contribution is 2.61. The molecule has 2 bridgehead atoms. The minimum Gasteiger partial charge on any atom is -0.0622 e. The standard InChI is InChI=1S/C12H22/c1-8-5-6-9(2)12(4)7-11(8)10(12)3/h8-11H,5-7H2,1-4H3. The molecule has 0 radical (unpaired) electrons. The summed E-state index contributed by atoms with van der Waals surface area (Å²) >= 11 is 0. The molecule has 0 saturated heterocycles. The van der Waals surface area contributed by atoms with Gasteiger partial charge in [0, 0.05) is 0 Å². The zero-order chi connectivity index (χ0) is 8.93. The van der Waals surface area contributed by atoms with Crippen molar-refractivity contribution < 1.29 is 0 Å². The molecule has 0 amide bonds. The minimum absolute atomic E-state index is 0.704. The first-order chi connectivity index (χ1) is 5.55. The Labute approximate surface area is 76.7 Å². The number of hydrogen-bond acceptors (Lipinski definition) is 0. The van der Waals surface area contributed by atoms with E-state index in [0.29, 0.717) is 5.41 Å². The summed E-state index contributed by atoms with van der Waals surface area (Å²) in [5, 5.41) is 0. The van der Waals surface area contributed by atoms with Crippen LogP contribution in [0.5, 0.6) is 0 Å². The number of rotatable bonds is 0. The molecule has 5 atom stereocenters. The Morgan fingerprint density at radius 3 is 2.33 bits per heavy atom. The highest BCUT2D eigenvalue weighted by Gasteiger charge is 2.53. The Morgan fingerprint density at radius 2 is 1.75 bits per heavy atom. The van der Waals surface area contributed by atoms with Gasteiger partial charge in [0.15, 0.2) is 0 Å². The van der Waals surface area contributed by atoms with E-state index < -0.39 is 0 Å². The molecular formula is C12H22. The maximum atomic E-state index is 2.51. The normalized spacial score (nSPS) is 59.0. The molecule has 0 heteroatoms. The third-order valence-corrected chi connectivity index (χ3v) is 5.27. The van der Waals surface area contributed by atoms with Crippen molar-refractivity contribution in [2.75, 3.05) is 0 Å². The molecule has 3 saturated carbocycles. The average Bonchev–Trinajstić information content (AvgIpc) is 2.20. The Kier molecular flexibility index (Phi) is 1.79. The van der Waals surface area contributed by atoms with E-state index in [-0.39, 0.29) is 0 Å². The smallest absolute Gasteiger partial charge is 0.0269 e. The van der Waals surface area contributed by atoms with Gasteiger partial charge in [-0.05, 0) is 41.9 Å². The molecule has 3 aliphatic carbocycles. The van der Waals surface area contributed by atoms with Crippen LogP contribution in [-0.4, -0.2) is 0 Å². The van der Waals surface area contributed by atoms with Crippen LogP contribution in [0.25, 0.3) is 0 Å². The van der Waals surface area contributed by atoms with Crippen molar-refractivity contribution in [2.45, 2.75) is 47.0 Å². The van der Waals surface area contributed by atoms with Gasteiger partial charge >= 0.3 is 0 Å². The second kappa shape index (κ2) is 2.49. The monoisotopic (exact) mass is 166 g/mol. The van der Waals surface area contributed by atoms with E-state index in [1.54, 1.807) is 0 Å². The van der Waals surface area contributed by atoms with Crippen LogP contribution in [0.4, 0.5) is 0 Å². The minimum atomic E-state index is 0.704. The zero-order valence-corrected chi connectivity index (χ0v) is 8.93. The molecule has 12 heavy (non-hydrogen) atoms. The van der Waals surface area contributed by atoms with E-state index >= 15 is 0 Å². The van der Waals surface area contributed by atoms with Gasteiger partial charge in [-0.3, -0.25) is 0 Å². The van der Waals surface area contributed by atoms with Crippen LogP contribution in [0.1, 0.15) is 47.0 Å². The van der Waals surface area contributed by atoms with E-state index in [0.717, 1.165) is 23.7 Å². The molecule has 70 valence electrons. The molecule has 0 nitrogen and oxygen atoms in total. The quantitative estimate of drug-likeness (QED) is 0.514. The van der Waals surface area contributed by atoms with E-state index in [9.17, 15) is 0 Å². The fourth-order valence-corrected chi connectivity index (χ4v) is 3.60. The second-order valence-corrected chi connectivity index (χ2v) is 5.62. The molecule has 0 N–H and O–H groups in total. The first-order valence-electron chi connectivity index (χ1n) is 5.55. The van der Waals surface area contributed by atoms with Crippen molar-refractivity contribution in [1.29, 1.82) is 0 Å². The lowest BCUT2D eigenvalue weighted by Crippen LogP contribution is -2.48. The highest BCUT2D eigenvalue weighted by atomic mass is 14.6. The number of hydrogen-bond donors (Lipinski definition) is 0. The third-order valence-electron chi connectivity index (χ3n) is 5.27. The van der Waals surface area contributed by atoms with Gasteiger partial charge in [-0.2, -0.15) is 0 Å². The molecule has 0 spiro atoms. The topological polar surface area (TPSA) is 0 Å². The number of fused-ring (bicyclic) bond motifs is 3. The van der Waals surface area contributed by atoms with Crippen molar-refractivity contribution in [2.24, 2.45) is 29.1 Å². The van der Waals surface area contributed by atoms with Gasteiger partial charge in [-0.1, -0.05) is 34.1 Å². The van der Waals surface area contributed by atoms with Gasteiger partial charge in [-0.15, -0.1) is 0 Å². The molecule has 5 unspecified atom stereocenters. The van der Waals surface area contributed by atoms with E-state index in [1.165, 1.54) is 19.3 Å². The fourth-order valence-electron chi connectivity index (χ4n) is 3.60. The van der Waals surface area contributed by atoms with Crippen LogP contribution >= 0.6 is 0 Å². The van der Waals surface area contributed by atoms with Gasteiger partial charge in [-0.25, -0.2) is 0 Å². The van der Waals surface area contributed by atoms with Crippen LogP contribution < -0.4 is 0 Å². The Morgan fingerprint density at radius 1 is 1.08 bits per heavy atom.